The van der Waals surface area contributed by atoms with E-state index in [-0.39, 0.29) is 5.41 Å². The molecule has 0 radical (unpaired) electrons. The van der Waals surface area contributed by atoms with Gasteiger partial charge in [0.2, 0.25) is 0 Å². The second-order valence-corrected chi connectivity index (χ2v) is 17.6. The van der Waals surface area contributed by atoms with Gasteiger partial charge in [-0.1, -0.05) is 184 Å². The van der Waals surface area contributed by atoms with Crippen molar-refractivity contribution in [3.8, 4) is 55.8 Å². The van der Waals surface area contributed by atoms with Crippen LogP contribution in [0.15, 0.2) is 217 Å². The fraction of sp³-hybridized carbons (Fsp3) is 0.0667. The third-order valence-corrected chi connectivity index (χ3v) is 14.1. The number of nitrogens with zero attached hydrogens (tertiary/aromatic N) is 1. The minimum absolute atomic E-state index is 0.156. The van der Waals surface area contributed by atoms with Crippen molar-refractivity contribution in [2.75, 3.05) is 4.90 Å². The van der Waals surface area contributed by atoms with Crippen molar-refractivity contribution in [3.63, 3.8) is 0 Å². The van der Waals surface area contributed by atoms with Gasteiger partial charge in [0.1, 0.15) is 11.3 Å². The van der Waals surface area contributed by atoms with Gasteiger partial charge in [0.15, 0.2) is 0 Å². The lowest BCUT2D eigenvalue weighted by Crippen LogP contribution is -2.25. The van der Waals surface area contributed by atoms with Crippen molar-refractivity contribution in [1.29, 1.82) is 0 Å². The molecule has 3 aliphatic rings. The van der Waals surface area contributed by atoms with Crippen LogP contribution in [0.1, 0.15) is 47.2 Å². The maximum absolute atomic E-state index is 6.80. The molecule has 62 heavy (non-hydrogen) atoms. The molecule has 10 aromatic rings. The molecule has 292 valence electrons. The summed E-state index contributed by atoms with van der Waals surface area (Å²) in [5.41, 5.74) is 22.5. The van der Waals surface area contributed by atoms with Crippen LogP contribution < -0.4 is 4.90 Å². The summed E-state index contributed by atoms with van der Waals surface area (Å²) in [4.78, 5) is 2.51. The Morgan fingerprint density at radius 2 is 0.935 bits per heavy atom. The largest absolute Gasteiger partial charge is 0.456 e. The molecule has 1 aromatic heterocycles. The van der Waals surface area contributed by atoms with E-state index < -0.39 is 5.41 Å². The van der Waals surface area contributed by atoms with E-state index in [9.17, 15) is 0 Å². The molecule has 1 atom stereocenters. The summed E-state index contributed by atoms with van der Waals surface area (Å²) >= 11 is 0. The van der Waals surface area contributed by atoms with E-state index in [1.807, 2.05) is 0 Å². The summed E-state index contributed by atoms with van der Waals surface area (Å²) in [6.07, 6.45) is 0. The van der Waals surface area contributed by atoms with E-state index in [1.54, 1.807) is 0 Å². The maximum atomic E-state index is 6.80. The van der Waals surface area contributed by atoms with Crippen LogP contribution in [0.25, 0.3) is 66.8 Å². The molecule has 9 aromatic carbocycles. The van der Waals surface area contributed by atoms with Gasteiger partial charge in [0, 0.05) is 38.9 Å². The van der Waals surface area contributed by atoms with Gasteiger partial charge in [-0.05, 0) is 109 Å². The van der Waals surface area contributed by atoms with E-state index in [4.69, 9.17) is 4.42 Å². The number of para-hydroxylation sites is 1. The third-order valence-electron chi connectivity index (χ3n) is 14.1. The number of anilines is 3. The molecule has 3 aliphatic carbocycles. The van der Waals surface area contributed by atoms with Gasteiger partial charge in [0.05, 0.1) is 11.1 Å². The minimum Gasteiger partial charge on any atom is -0.456 e. The molecule has 0 bridgehead atoms. The average molecular weight is 792 g/mol. The number of fused-ring (bicyclic) bond motifs is 15. The van der Waals surface area contributed by atoms with Crippen molar-refractivity contribution in [3.05, 3.63) is 246 Å². The first-order valence-electron chi connectivity index (χ1n) is 21.7. The Morgan fingerprint density at radius 1 is 0.371 bits per heavy atom. The van der Waals surface area contributed by atoms with Crippen LogP contribution in [0.2, 0.25) is 0 Å². The normalized spacial score (nSPS) is 15.8. The Morgan fingerprint density at radius 3 is 1.71 bits per heavy atom. The molecule has 0 N–H and O–H groups in total. The van der Waals surface area contributed by atoms with Gasteiger partial charge in [-0.3, -0.25) is 0 Å². The van der Waals surface area contributed by atoms with Crippen molar-refractivity contribution in [2.24, 2.45) is 0 Å². The fourth-order valence-corrected chi connectivity index (χ4v) is 11.4. The van der Waals surface area contributed by atoms with Crippen LogP contribution in [0, 0.1) is 0 Å². The average Bonchev–Trinajstić information content (AvgIpc) is 4.01. The summed E-state index contributed by atoms with van der Waals surface area (Å²) in [5, 5.41) is 1.17. The molecule has 2 heteroatoms. The smallest absolute Gasteiger partial charge is 0.140 e. The predicted octanol–water partition coefficient (Wildman–Crippen LogP) is 15.9. The molecular weight excluding hydrogens is 751 g/mol. The molecule has 2 nitrogen and oxygen atoms in total. The van der Waals surface area contributed by atoms with Crippen molar-refractivity contribution in [2.45, 2.75) is 24.7 Å². The molecule has 1 unspecified atom stereocenters. The lowest BCUT2D eigenvalue weighted by molar-refractivity contribution is 0.628. The van der Waals surface area contributed by atoms with E-state index in [0.717, 1.165) is 28.4 Å². The predicted molar refractivity (Wildman–Crippen MR) is 256 cm³/mol. The molecule has 13 rings (SSSR count). The standard InChI is InChI=1S/C60H41NO/c1-59(2)50-25-13-9-21-43(50)45-32-30-42(37-54(45)59)61(55-34-29-40(38-17-5-3-6-18-38)35-48(55)39-19-7-4-8-20-39)41-31-33-53-49(36-41)44-22-10-14-26-51(44)60(53)52-27-15-11-23-46(52)58-57(60)47-24-12-16-28-56(47)62-58/h3-37H,1-2H3. The molecular formula is C60H41NO. The Bertz CT molecular complexity index is 3450. The van der Waals surface area contributed by atoms with Crippen LogP contribution in [-0.4, -0.2) is 0 Å². The number of hydrogen-bond donors (Lipinski definition) is 0. The number of rotatable bonds is 5. The van der Waals surface area contributed by atoms with Crippen LogP contribution in [0.4, 0.5) is 17.1 Å². The van der Waals surface area contributed by atoms with E-state index in [2.05, 4.69) is 231 Å². The van der Waals surface area contributed by atoms with Gasteiger partial charge < -0.3 is 9.32 Å². The molecule has 0 saturated carbocycles. The van der Waals surface area contributed by atoms with Gasteiger partial charge in [0.25, 0.3) is 0 Å². The second-order valence-electron chi connectivity index (χ2n) is 17.6. The lowest BCUT2D eigenvalue weighted by atomic mass is 9.70. The van der Waals surface area contributed by atoms with E-state index >= 15 is 0 Å². The Labute approximate surface area is 362 Å². The third kappa shape index (κ3) is 4.69. The molecule has 0 amide bonds. The summed E-state index contributed by atoms with van der Waals surface area (Å²) in [7, 11) is 0. The zero-order valence-corrected chi connectivity index (χ0v) is 34.6. The maximum Gasteiger partial charge on any atom is 0.140 e. The molecule has 0 fully saturated rings. The minimum atomic E-state index is -0.524. The SMILES string of the molecule is CC1(C)c2ccccc2-c2ccc(N(c3ccc4c(c3)-c3ccccc3C43c4ccccc4-c4oc5ccccc5c43)c3ccc(-c4ccccc4)cc3-c3ccccc3)cc21. The summed E-state index contributed by atoms with van der Waals surface area (Å²) in [6.45, 7) is 4.74. The van der Waals surface area contributed by atoms with Crippen molar-refractivity contribution >= 4 is 28.0 Å². The number of hydrogen-bond acceptors (Lipinski definition) is 2. The Kier molecular flexibility index (Phi) is 7.31. The molecule has 1 heterocycles. The Balaban J connectivity index is 1.08. The second kappa shape index (κ2) is 12.9. The van der Waals surface area contributed by atoms with Crippen LogP contribution in [0.5, 0.6) is 0 Å². The van der Waals surface area contributed by atoms with Crippen molar-refractivity contribution < 1.29 is 4.42 Å². The molecule has 1 spiro atoms. The summed E-state index contributed by atoms with van der Waals surface area (Å²) < 4.78 is 6.80. The lowest BCUT2D eigenvalue weighted by Gasteiger charge is -2.32. The first-order valence-corrected chi connectivity index (χ1v) is 21.7. The quantitative estimate of drug-likeness (QED) is 0.173. The number of furan rings is 1. The highest BCUT2D eigenvalue weighted by atomic mass is 16.3. The highest BCUT2D eigenvalue weighted by molar-refractivity contribution is 6.03. The van der Waals surface area contributed by atoms with Crippen LogP contribution >= 0.6 is 0 Å². The number of benzene rings is 9. The summed E-state index contributed by atoms with van der Waals surface area (Å²) in [6, 6.07) is 78.4. The summed E-state index contributed by atoms with van der Waals surface area (Å²) in [5.74, 6) is 0.975. The zero-order valence-electron chi connectivity index (χ0n) is 34.6. The monoisotopic (exact) mass is 791 g/mol. The van der Waals surface area contributed by atoms with Gasteiger partial charge in [-0.2, -0.15) is 0 Å². The highest BCUT2D eigenvalue weighted by Crippen LogP contribution is 2.65. The highest BCUT2D eigenvalue weighted by Gasteiger charge is 2.54. The van der Waals surface area contributed by atoms with Crippen LogP contribution in [-0.2, 0) is 10.8 Å². The van der Waals surface area contributed by atoms with Crippen molar-refractivity contribution in [1.82, 2.24) is 0 Å². The van der Waals surface area contributed by atoms with E-state index in [0.29, 0.717) is 0 Å². The van der Waals surface area contributed by atoms with Gasteiger partial charge in [-0.25, -0.2) is 0 Å². The molecule has 0 aliphatic heterocycles. The zero-order chi connectivity index (χ0) is 41.2. The van der Waals surface area contributed by atoms with E-state index in [1.165, 1.54) is 88.8 Å². The first kappa shape index (κ1) is 35.1. The topological polar surface area (TPSA) is 16.4 Å². The first-order chi connectivity index (χ1) is 30.5. The van der Waals surface area contributed by atoms with Gasteiger partial charge >= 0.3 is 0 Å². The molecule has 0 saturated heterocycles. The van der Waals surface area contributed by atoms with Crippen LogP contribution in [0.3, 0.4) is 0 Å². The Hall–Kier alpha value is -7.68. The fourth-order valence-electron chi connectivity index (χ4n) is 11.4. The van der Waals surface area contributed by atoms with Gasteiger partial charge in [-0.15, -0.1) is 0 Å².